The predicted molar refractivity (Wildman–Crippen MR) is 65.4 cm³/mol. The first-order valence-electron chi connectivity index (χ1n) is 6.06. The number of phenols is 1. The van der Waals surface area contributed by atoms with Gasteiger partial charge in [-0.05, 0) is 25.1 Å². The first-order chi connectivity index (χ1) is 8.99. The van der Waals surface area contributed by atoms with Gasteiger partial charge in [-0.25, -0.2) is 9.18 Å². The number of hydrogen-bond acceptors (Lipinski definition) is 4. The Labute approximate surface area is 110 Å². The standard InChI is InChI=1S/C13H16FNO4/c1-8(10-6-9(14)2-3-11(10)16)15-4-5-19-12(7-15)13(17)18/h2-3,6,8,12,16H,4-5,7H2,1H3,(H,17,18). The van der Waals surface area contributed by atoms with Gasteiger partial charge in [0.15, 0.2) is 6.10 Å². The summed E-state index contributed by atoms with van der Waals surface area (Å²) in [6.07, 6.45) is -0.882. The minimum Gasteiger partial charge on any atom is -0.508 e. The Morgan fingerprint density at radius 2 is 2.32 bits per heavy atom. The number of halogens is 1. The fourth-order valence-electron chi connectivity index (χ4n) is 2.23. The van der Waals surface area contributed by atoms with Gasteiger partial charge in [-0.2, -0.15) is 0 Å². The van der Waals surface area contributed by atoms with E-state index in [0.29, 0.717) is 18.7 Å². The SMILES string of the molecule is CC(c1cc(F)ccc1O)N1CCOC(C(=O)O)C1. The molecule has 5 nitrogen and oxygen atoms in total. The number of morpholine rings is 1. The van der Waals surface area contributed by atoms with Crippen molar-refractivity contribution in [3.05, 3.63) is 29.6 Å². The van der Waals surface area contributed by atoms with Crippen LogP contribution in [0.4, 0.5) is 4.39 Å². The first kappa shape index (κ1) is 13.8. The lowest BCUT2D eigenvalue weighted by Gasteiger charge is -2.35. The third-order valence-corrected chi connectivity index (χ3v) is 3.36. The zero-order valence-corrected chi connectivity index (χ0v) is 10.5. The third kappa shape index (κ3) is 3.02. The van der Waals surface area contributed by atoms with Gasteiger partial charge in [-0.15, -0.1) is 0 Å². The quantitative estimate of drug-likeness (QED) is 0.867. The molecule has 2 rings (SSSR count). The minimum atomic E-state index is -1.01. The van der Waals surface area contributed by atoms with Gasteiger partial charge in [-0.1, -0.05) is 0 Å². The van der Waals surface area contributed by atoms with E-state index in [2.05, 4.69) is 0 Å². The maximum Gasteiger partial charge on any atom is 0.334 e. The lowest BCUT2D eigenvalue weighted by molar-refractivity contribution is -0.157. The maximum atomic E-state index is 13.2. The molecule has 1 aliphatic heterocycles. The van der Waals surface area contributed by atoms with Gasteiger partial charge in [0.25, 0.3) is 0 Å². The van der Waals surface area contributed by atoms with Crippen LogP contribution < -0.4 is 0 Å². The van der Waals surface area contributed by atoms with E-state index in [-0.39, 0.29) is 18.3 Å². The maximum absolute atomic E-state index is 13.2. The number of nitrogens with zero attached hydrogens (tertiary/aromatic N) is 1. The van der Waals surface area contributed by atoms with Crippen LogP contribution in [0.5, 0.6) is 5.75 Å². The second-order valence-corrected chi connectivity index (χ2v) is 4.57. The molecule has 1 saturated heterocycles. The summed E-state index contributed by atoms with van der Waals surface area (Å²) in [5.41, 5.74) is 0.450. The van der Waals surface area contributed by atoms with Crippen LogP contribution in [0.3, 0.4) is 0 Å². The molecule has 0 aliphatic carbocycles. The molecule has 2 unspecified atom stereocenters. The summed E-state index contributed by atoms with van der Waals surface area (Å²) in [4.78, 5) is 12.8. The molecule has 104 valence electrons. The molecule has 1 aliphatic rings. The number of carboxylic acid groups (broad SMARTS) is 1. The highest BCUT2D eigenvalue weighted by molar-refractivity contribution is 5.72. The summed E-state index contributed by atoms with van der Waals surface area (Å²) < 4.78 is 18.4. The third-order valence-electron chi connectivity index (χ3n) is 3.36. The Hall–Kier alpha value is -1.66. The second kappa shape index (κ2) is 5.54. The second-order valence-electron chi connectivity index (χ2n) is 4.57. The van der Waals surface area contributed by atoms with Gasteiger partial charge in [0.2, 0.25) is 0 Å². The molecule has 2 N–H and O–H groups in total. The van der Waals surface area contributed by atoms with Crippen LogP contribution in [0.15, 0.2) is 18.2 Å². The van der Waals surface area contributed by atoms with E-state index < -0.39 is 17.9 Å². The highest BCUT2D eigenvalue weighted by Gasteiger charge is 2.30. The molecule has 0 aromatic heterocycles. The number of aliphatic carboxylic acids is 1. The number of carbonyl (C=O) groups is 1. The van der Waals surface area contributed by atoms with E-state index in [1.165, 1.54) is 18.2 Å². The molecule has 0 amide bonds. The normalized spacial score (nSPS) is 22.1. The molecule has 0 saturated carbocycles. The summed E-state index contributed by atoms with van der Waals surface area (Å²) in [6, 6.07) is 3.48. The van der Waals surface area contributed by atoms with E-state index in [4.69, 9.17) is 9.84 Å². The van der Waals surface area contributed by atoms with Crippen LogP contribution in [0.2, 0.25) is 0 Å². The topological polar surface area (TPSA) is 70.0 Å². The highest BCUT2D eigenvalue weighted by atomic mass is 19.1. The predicted octanol–water partition coefficient (Wildman–Crippen LogP) is 1.38. The average Bonchev–Trinajstić information content (AvgIpc) is 2.41. The van der Waals surface area contributed by atoms with Crippen molar-refractivity contribution in [3.63, 3.8) is 0 Å². The Morgan fingerprint density at radius 1 is 1.58 bits per heavy atom. The lowest BCUT2D eigenvalue weighted by Crippen LogP contribution is -2.46. The summed E-state index contributed by atoms with van der Waals surface area (Å²) in [7, 11) is 0. The number of ether oxygens (including phenoxy) is 1. The Kier molecular flexibility index (Phi) is 4.01. The molecule has 1 aromatic carbocycles. The molecule has 19 heavy (non-hydrogen) atoms. The van der Waals surface area contributed by atoms with E-state index in [1.54, 1.807) is 6.92 Å². The number of phenolic OH excluding ortho intramolecular Hbond substituents is 1. The first-order valence-corrected chi connectivity index (χ1v) is 6.06. The Bertz CT molecular complexity index is 480. The average molecular weight is 269 g/mol. The van der Waals surface area contributed by atoms with Crippen molar-refractivity contribution in [1.82, 2.24) is 4.90 Å². The lowest BCUT2D eigenvalue weighted by atomic mass is 10.0. The molecule has 1 aromatic rings. The van der Waals surface area contributed by atoms with Crippen LogP contribution in [-0.2, 0) is 9.53 Å². The zero-order chi connectivity index (χ0) is 14.0. The summed E-state index contributed by atoms with van der Waals surface area (Å²) in [6.45, 7) is 2.86. The van der Waals surface area contributed by atoms with Crippen LogP contribution in [-0.4, -0.2) is 46.9 Å². The van der Waals surface area contributed by atoms with Crippen molar-refractivity contribution in [2.24, 2.45) is 0 Å². The molecule has 1 heterocycles. The van der Waals surface area contributed by atoms with E-state index in [9.17, 15) is 14.3 Å². The van der Waals surface area contributed by atoms with Gasteiger partial charge in [0, 0.05) is 24.7 Å². The zero-order valence-electron chi connectivity index (χ0n) is 10.5. The van der Waals surface area contributed by atoms with Crippen molar-refractivity contribution >= 4 is 5.97 Å². The van der Waals surface area contributed by atoms with Gasteiger partial charge in [0.1, 0.15) is 11.6 Å². The van der Waals surface area contributed by atoms with Crippen LogP contribution in [0.1, 0.15) is 18.5 Å². The molecule has 0 bridgehead atoms. The molecule has 0 radical (unpaired) electrons. The monoisotopic (exact) mass is 269 g/mol. The fourth-order valence-corrected chi connectivity index (χ4v) is 2.23. The molecule has 2 atom stereocenters. The minimum absolute atomic E-state index is 0.00673. The summed E-state index contributed by atoms with van der Waals surface area (Å²) >= 11 is 0. The summed E-state index contributed by atoms with van der Waals surface area (Å²) in [5, 5.41) is 18.7. The van der Waals surface area contributed by atoms with Crippen molar-refractivity contribution in [1.29, 1.82) is 0 Å². The molecule has 1 fully saturated rings. The Balaban J connectivity index is 2.16. The number of carboxylic acids is 1. The van der Waals surface area contributed by atoms with Crippen LogP contribution in [0.25, 0.3) is 0 Å². The van der Waals surface area contributed by atoms with E-state index >= 15 is 0 Å². The van der Waals surface area contributed by atoms with Crippen molar-refractivity contribution in [2.45, 2.75) is 19.1 Å². The smallest absolute Gasteiger partial charge is 0.334 e. The highest BCUT2D eigenvalue weighted by Crippen LogP contribution is 2.30. The number of hydrogen-bond donors (Lipinski definition) is 2. The van der Waals surface area contributed by atoms with Crippen molar-refractivity contribution in [2.75, 3.05) is 19.7 Å². The number of benzene rings is 1. The number of rotatable bonds is 3. The van der Waals surface area contributed by atoms with Crippen molar-refractivity contribution in [3.8, 4) is 5.75 Å². The molecule has 0 spiro atoms. The Morgan fingerprint density at radius 3 is 3.00 bits per heavy atom. The van der Waals surface area contributed by atoms with Crippen LogP contribution in [0, 0.1) is 5.82 Å². The van der Waals surface area contributed by atoms with Gasteiger partial charge >= 0.3 is 5.97 Å². The van der Waals surface area contributed by atoms with Crippen molar-refractivity contribution < 1.29 is 24.1 Å². The van der Waals surface area contributed by atoms with Gasteiger partial charge < -0.3 is 14.9 Å². The van der Waals surface area contributed by atoms with E-state index in [0.717, 1.165) is 0 Å². The van der Waals surface area contributed by atoms with Gasteiger partial charge in [-0.3, -0.25) is 4.90 Å². The van der Waals surface area contributed by atoms with Crippen LogP contribution >= 0.6 is 0 Å². The fraction of sp³-hybridized carbons (Fsp3) is 0.462. The molecule has 6 heteroatoms. The van der Waals surface area contributed by atoms with Gasteiger partial charge in [0.05, 0.1) is 6.61 Å². The summed E-state index contributed by atoms with van der Waals surface area (Å²) in [5.74, 6) is -1.43. The largest absolute Gasteiger partial charge is 0.508 e. The number of aromatic hydroxyl groups is 1. The van der Waals surface area contributed by atoms with E-state index in [1.807, 2.05) is 4.90 Å². The molecular weight excluding hydrogens is 253 g/mol. The molecular formula is C13H16FNO4.